The molecule has 0 N–H and O–H groups in total. The fourth-order valence-corrected chi connectivity index (χ4v) is 2.32. The topological polar surface area (TPSA) is 20.3 Å². The first-order valence-electron chi connectivity index (χ1n) is 5.90. The number of alkyl halides is 1. The van der Waals surface area contributed by atoms with Gasteiger partial charge in [0.1, 0.15) is 5.82 Å². The molecule has 1 aromatic carbocycles. The number of unbranched alkanes of at least 4 members (excludes halogenated alkanes) is 1. The van der Waals surface area contributed by atoms with Gasteiger partial charge in [0.2, 0.25) is 0 Å². The van der Waals surface area contributed by atoms with Crippen molar-refractivity contribution < 1.29 is 9.18 Å². The van der Waals surface area contributed by atoms with Gasteiger partial charge in [0.05, 0.1) is 5.56 Å². The summed E-state index contributed by atoms with van der Waals surface area (Å²) in [5.74, 6) is -0.0827. The number of carbonyl (C=O) groups excluding carboxylic acids is 1. The van der Waals surface area contributed by atoms with Gasteiger partial charge in [-0.2, -0.15) is 0 Å². The number of hydrogen-bond donors (Lipinski definition) is 0. The maximum Gasteiger partial charge on any atom is 0.255 e. The lowest BCUT2D eigenvalue weighted by Crippen LogP contribution is -2.33. The van der Waals surface area contributed by atoms with Crippen LogP contribution in [-0.4, -0.2) is 29.8 Å². The second-order valence-electron chi connectivity index (χ2n) is 3.96. The Morgan fingerprint density at radius 3 is 2.72 bits per heavy atom. The average Bonchev–Trinajstić information content (AvgIpc) is 2.33. The number of nitrogens with zero attached hydrogens (tertiary/aromatic N) is 1. The Morgan fingerprint density at radius 1 is 1.44 bits per heavy atom. The summed E-state index contributed by atoms with van der Waals surface area (Å²) in [5, 5.41) is 0. The predicted octanol–water partition coefficient (Wildman–Crippen LogP) is 4.07. The van der Waals surface area contributed by atoms with Crippen molar-refractivity contribution in [3.8, 4) is 0 Å². The van der Waals surface area contributed by atoms with Crippen LogP contribution in [0.15, 0.2) is 22.7 Å². The van der Waals surface area contributed by atoms with Gasteiger partial charge < -0.3 is 4.90 Å². The van der Waals surface area contributed by atoms with Crippen LogP contribution in [0.2, 0.25) is 0 Å². The Labute approximate surface area is 120 Å². The normalized spacial score (nSPS) is 10.4. The van der Waals surface area contributed by atoms with Crippen LogP contribution in [0.1, 0.15) is 30.1 Å². The van der Waals surface area contributed by atoms with E-state index in [4.69, 9.17) is 11.6 Å². The van der Waals surface area contributed by atoms with Gasteiger partial charge in [-0.15, -0.1) is 11.6 Å². The zero-order chi connectivity index (χ0) is 13.5. The number of rotatable bonds is 6. The molecular formula is C13H16BrClFNO. The largest absolute Gasteiger partial charge is 0.337 e. The van der Waals surface area contributed by atoms with Crippen LogP contribution in [0, 0.1) is 5.82 Å². The molecule has 0 heterocycles. The van der Waals surface area contributed by atoms with E-state index in [0.29, 0.717) is 29.0 Å². The molecule has 0 saturated heterocycles. The first-order chi connectivity index (χ1) is 8.60. The van der Waals surface area contributed by atoms with Crippen molar-refractivity contribution in [2.45, 2.75) is 19.8 Å². The number of benzene rings is 1. The van der Waals surface area contributed by atoms with Crippen LogP contribution in [0.5, 0.6) is 0 Å². The van der Waals surface area contributed by atoms with E-state index in [2.05, 4.69) is 22.9 Å². The van der Waals surface area contributed by atoms with Gasteiger partial charge in [-0.1, -0.05) is 13.3 Å². The summed E-state index contributed by atoms with van der Waals surface area (Å²) in [6.45, 7) is 3.24. The Kier molecular flexibility index (Phi) is 6.65. The maximum absolute atomic E-state index is 13.0. The van der Waals surface area contributed by atoms with E-state index in [-0.39, 0.29) is 11.7 Å². The minimum Gasteiger partial charge on any atom is -0.337 e. The van der Waals surface area contributed by atoms with E-state index < -0.39 is 0 Å². The highest BCUT2D eigenvalue weighted by atomic mass is 79.9. The van der Waals surface area contributed by atoms with E-state index >= 15 is 0 Å². The van der Waals surface area contributed by atoms with Crippen molar-refractivity contribution >= 4 is 33.4 Å². The Balaban J connectivity index is 2.87. The molecule has 0 aromatic heterocycles. The molecule has 0 aliphatic rings. The highest BCUT2D eigenvalue weighted by Crippen LogP contribution is 2.20. The van der Waals surface area contributed by atoms with E-state index in [1.165, 1.54) is 18.2 Å². The Hall–Kier alpha value is -0.610. The van der Waals surface area contributed by atoms with E-state index in [1.54, 1.807) is 4.90 Å². The number of halogens is 3. The molecule has 0 saturated carbocycles. The van der Waals surface area contributed by atoms with Crippen molar-refractivity contribution in [3.63, 3.8) is 0 Å². The van der Waals surface area contributed by atoms with Crippen LogP contribution in [0.25, 0.3) is 0 Å². The van der Waals surface area contributed by atoms with Gasteiger partial charge in [-0.05, 0) is 40.5 Å². The third-order valence-corrected chi connectivity index (χ3v) is 3.41. The minimum atomic E-state index is -0.365. The Morgan fingerprint density at radius 2 is 2.17 bits per heavy atom. The highest BCUT2D eigenvalue weighted by Gasteiger charge is 2.17. The van der Waals surface area contributed by atoms with Gasteiger partial charge in [-0.3, -0.25) is 4.79 Å². The lowest BCUT2D eigenvalue weighted by Gasteiger charge is -2.22. The molecule has 2 nitrogen and oxygen atoms in total. The summed E-state index contributed by atoms with van der Waals surface area (Å²) in [4.78, 5) is 14.0. The summed E-state index contributed by atoms with van der Waals surface area (Å²) in [6.07, 6.45) is 1.94. The SMILES string of the molecule is CCCCN(CCCl)C(=O)c1ccc(F)cc1Br. The van der Waals surface area contributed by atoms with Crippen molar-refractivity contribution in [3.05, 3.63) is 34.1 Å². The monoisotopic (exact) mass is 335 g/mol. The molecule has 0 fully saturated rings. The predicted molar refractivity (Wildman–Crippen MR) is 75.6 cm³/mol. The molecular weight excluding hydrogens is 321 g/mol. The van der Waals surface area contributed by atoms with Gasteiger partial charge in [0, 0.05) is 23.4 Å². The number of amides is 1. The van der Waals surface area contributed by atoms with E-state index in [1.807, 2.05) is 0 Å². The fourth-order valence-electron chi connectivity index (χ4n) is 1.60. The van der Waals surface area contributed by atoms with Crippen molar-refractivity contribution in [2.75, 3.05) is 19.0 Å². The van der Waals surface area contributed by atoms with E-state index in [9.17, 15) is 9.18 Å². The van der Waals surface area contributed by atoms with Gasteiger partial charge in [0.25, 0.3) is 5.91 Å². The third kappa shape index (κ3) is 4.25. The molecule has 1 aromatic rings. The molecule has 0 aliphatic carbocycles. The van der Waals surface area contributed by atoms with Crippen LogP contribution >= 0.6 is 27.5 Å². The van der Waals surface area contributed by atoms with Gasteiger partial charge >= 0.3 is 0 Å². The zero-order valence-corrected chi connectivity index (χ0v) is 12.6. The summed E-state index contributed by atoms with van der Waals surface area (Å²) in [5.41, 5.74) is 0.470. The minimum absolute atomic E-state index is 0.115. The third-order valence-electron chi connectivity index (χ3n) is 2.58. The standard InChI is InChI=1S/C13H16BrClFNO/c1-2-3-7-17(8-6-15)13(18)11-5-4-10(16)9-12(11)14/h4-5,9H,2-3,6-8H2,1H3. The fraction of sp³-hybridized carbons (Fsp3) is 0.462. The van der Waals surface area contributed by atoms with Crippen molar-refractivity contribution in [1.29, 1.82) is 0 Å². The van der Waals surface area contributed by atoms with Crippen molar-refractivity contribution in [1.82, 2.24) is 4.90 Å². The molecule has 0 spiro atoms. The molecule has 0 atom stereocenters. The molecule has 0 aliphatic heterocycles. The molecule has 5 heteroatoms. The molecule has 100 valence electrons. The van der Waals surface area contributed by atoms with Crippen molar-refractivity contribution in [2.24, 2.45) is 0 Å². The lowest BCUT2D eigenvalue weighted by molar-refractivity contribution is 0.0762. The summed E-state index contributed by atoms with van der Waals surface area (Å²) < 4.78 is 13.5. The quantitative estimate of drug-likeness (QED) is 0.717. The zero-order valence-electron chi connectivity index (χ0n) is 10.3. The molecule has 0 unspecified atom stereocenters. The highest BCUT2D eigenvalue weighted by molar-refractivity contribution is 9.10. The molecule has 0 radical (unpaired) electrons. The Bertz CT molecular complexity index is 414. The molecule has 18 heavy (non-hydrogen) atoms. The summed E-state index contributed by atoms with van der Waals surface area (Å²) in [7, 11) is 0. The molecule has 1 rings (SSSR count). The smallest absolute Gasteiger partial charge is 0.255 e. The lowest BCUT2D eigenvalue weighted by atomic mass is 10.2. The van der Waals surface area contributed by atoms with Gasteiger partial charge in [0.15, 0.2) is 0 Å². The molecule has 1 amide bonds. The number of hydrogen-bond acceptors (Lipinski definition) is 1. The summed E-state index contributed by atoms with van der Waals surface area (Å²) in [6, 6.07) is 4.08. The van der Waals surface area contributed by atoms with Crippen LogP contribution in [0.4, 0.5) is 4.39 Å². The van der Waals surface area contributed by atoms with Crippen LogP contribution in [0.3, 0.4) is 0 Å². The van der Waals surface area contributed by atoms with Crippen LogP contribution < -0.4 is 0 Å². The second kappa shape index (κ2) is 7.74. The van der Waals surface area contributed by atoms with E-state index in [0.717, 1.165) is 12.8 Å². The van der Waals surface area contributed by atoms with Gasteiger partial charge in [-0.25, -0.2) is 4.39 Å². The average molecular weight is 337 g/mol. The van der Waals surface area contributed by atoms with Crippen LogP contribution in [-0.2, 0) is 0 Å². The number of carbonyl (C=O) groups is 1. The first kappa shape index (κ1) is 15.4. The maximum atomic E-state index is 13.0. The summed E-state index contributed by atoms with van der Waals surface area (Å²) >= 11 is 8.92. The first-order valence-corrected chi connectivity index (χ1v) is 7.23. The second-order valence-corrected chi connectivity index (χ2v) is 5.19. The molecule has 0 bridgehead atoms.